The molecule has 0 radical (unpaired) electrons. The Bertz CT molecular complexity index is 352. The number of anilines is 1. The van der Waals surface area contributed by atoms with Crippen molar-refractivity contribution in [1.29, 1.82) is 5.26 Å². The van der Waals surface area contributed by atoms with E-state index >= 15 is 0 Å². The Kier molecular flexibility index (Phi) is 3.44. The normalized spacial score (nSPS) is 8.86. The van der Waals surface area contributed by atoms with Crippen LogP contribution in [0.2, 0.25) is 0 Å². The lowest BCUT2D eigenvalue weighted by Crippen LogP contribution is -2.28. The van der Waals surface area contributed by atoms with E-state index in [2.05, 4.69) is 15.6 Å². The van der Waals surface area contributed by atoms with Crippen molar-refractivity contribution >= 4 is 11.8 Å². The molecule has 1 heterocycles. The first-order valence-corrected chi connectivity index (χ1v) is 4.17. The van der Waals surface area contributed by atoms with Crippen molar-refractivity contribution < 1.29 is 4.79 Å². The van der Waals surface area contributed by atoms with Crippen LogP contribution in [0, 0.1) is 11.3 Å². The quantitative estimate of drug-likeness (QED) is 0.732. The maximum absolute atomic E-state index is 11.0. The molecule has 0 bridgehead atoms. The van der Waals surface area contributed by atoms with Gasteiger partial charge in [0.1, 0.15) is 11.9 Å². The lowest BCUT2D eigenvalue weighted by Gasteiger charge is -2.03. The van der Waals surface area contributed by atoms with Gasteiger partial charge < -0.3 is 5.32 Å². The maximum atomic E-state index is 11.0. The third-order valence-corrected chi connectivity index (χ3v) is 1.47. The molecule has 5 heteroatoms. The van der Waals surface area contributed by atoms with Crippen LogP contribution in [0.3, 0.4) is 0 Å². The zero-order valence-electron chi connectivity index (χ0n) is 7.74. The van der Waals surface area contributed by atoms with Crippen molar-refractivity contribution in [2.24, 2.45) is 0 Å². The van der Waals surface area contributed by atoms with Crippen LogP contribution in [0.5, 0.6) is 0 Å². The molecule has 0 spiro atoms. The summed E-state index contributed by atoms with van der Waals surface area (Å²) in [6.07, 6.45) is 1.40. The summed E-state index contributed by atoms with van der Waals surface area (Å²) in [6.45, 7) is 2.38. The van der Waals surface area contributed by atoms with Crippen LogP contribution < -0.4 is 10.6 Å². The number of nitrogens with one attached hydrogen (secondary N) is 2. The minimum absolute atomic E-state index is 0.301. The van der Waals surface area contributed by atoms with E-state index in [-0.39, 0.29) is 6.03 Å². The van der Waals surface area contributed by atoms with Crippen LogP contribution in [0.1, 0.15) is 12.5 Å². The summed E-state index contributed by atoms with van der Waals surface area (Å²) >= 11 is 0. The number of carbonyl (C=O) groups is 1. The molecular formula is C9H10N4O. The number of urea groups is 1. The second kappa shape index (κ2) is 4.82. The number of hydrogen-bond donors (Lipinski definition) is 2. The van der Waals surface area contributed by atoms with Gasteiger partial charge in [0.05, 0.1) is 5.56 Å². The Morgan fingerprint density at radius 3 is 2.93 bits per heavy atom. The van der Waals surface area contributed by atoms with Crippen molar-refractivity contribution in [3.63, 3.8) is 0 Å². The van der Waals surface area contributed by atoms with Gasteiger partial charge in [-0.2, -0.15) is 5.26 Å². The standard InChI is InChI=1S/C9H10N4O/c1-2-11-9(14)13-8-4-3-7(5-10)6-12-8/h3-4,6H,2H2,1H3,(H2,11,12,13,14). The molecule has 0 fully saturated rings. The number of carbonyl (C=O) groups excluding carboxylic acids is 1. The topological polar surface area (TPSA) is 77.8 Å². The molecule has 2 N–H and O–H groups in total. The van der Waals surface area contributed by atoms with Gasteiger partial charge in [0.15, 0.2) is 0 Å². The maximum Gasteiger partial charge on any atom is 0.320 e. The fourth-order valence-corrected chi connectivity index (χ4v) is 0.855. The summed E-state index contributed by atoms with van der Waals surface area (Å²) in [4.78, 5) is 14.9. The number of aromatic nitrogens is 1. The second-order valence-electron chi connectivity index (χ2n) is 2.53. The molecule has 0 aliphatic carbocycles. The first kappa shape index (κ1) is 9.99. The van der Waals surface area contributed by atoms with Gasteiger partial charge in [-0.05, 0) is 19.1 Å². The van der Waals surface area contributed by atoms with E-state index in [1.165, 1.54) is 6.20 Å². The van der Waals surface area contributed by atoms with Gasteiger partial charge in [-0.1, -0.05) is 0 Å². The highest BCUT2D eigenvalue weighted by atomic mass is 16.2. The third-order valence-electron chi connectivity index (χ3n) is 1.47. The molecule has 0 aliphatic heterocycles. The van der Waals surface area contributed by atoms with E-state index in [1.54, 1.807) is 12.1 Å². The van der Waals surface area contributed by atoms with Gasteiger partial charge in [0.25, 0.3) is 0 Å². The molecular weight excluding hydrogens is 180 g/mol. The summed E-state index contributed by atoms with van der Waals surface area (Å²) in [7, 11) is 0. The first-order valence-electron chi connectivity index (χ1n) is 4.17. The van der Waals surface area contributed by atoms with E-state index < -0.39 is 0 Å². The number of amides is 2. The molecule has 0 unspecified atom stereocenters. The van der Waals surface area contributed by atoms with Gasteiger partial charge in [0, 0.05) is 12.7 Å². The minimum Gasteiger partial charge on any atom is -0.338 e. The molecule has 2 amide bonds. The van der Waals surface area contributed by atoms with Crippen molar-refractivity contribution in [3.8, 4) is 6.07 Å². The molecule has 0 saturated heterocycles. The number of nitriles is 1. The second-order valence-corrected chi connectivity index (χ2v) is 2.53. The highest BCUT2D eigenvalue weighted by Crippen LogP contribution is 2.03. The van der Waals surface area contributed by atoms with Crippen molar-refractivity contribution in [2.75, 3.05) is 11.9 Å². The van der Waals surface area contributed by atoms with Crippen LogP contribution in [0.4, 0.5) is 10.6 Å². The summed E-state index contributed by atoms with van der Waals surface area (Å²) in [5, 5.41) is 13.6. The summed E-state index contributed by atoms with van der Waals surface area (Å²) in [6, 6.07) is 4.81. The lowest BCUT2D eigenvalue weighted by molar-refractivity contribution is 0.252. The number of pyridine rings is 1. The molecule has 0 aromatic carbocycles. The first-order chi connectivity index (χ1) is 6.76. The lowest BCUT2D eigenvalue weighted by atomic mass is 10.3. The van der Waals surface area contributed by atoms with E-state index in [9.17, 15) is 4.79 Å². The van der Waals surface area contributed by atoms with Crippen LogP contribution in [0.15, 0.2) is 18.3 Å². The molecule has 1 rings (SSSR count). The zero-order valence-corrected chi connectivity index (χ0v) is 7.74. The number of nitrogens with zero attached hydrogens (tertiary/aromatic N) is 2. The molecule has 1 aromatic rings. The zero-order chi connectivity index (χ0) is 10.4. The molecule has 14 heavy (non-hydrogen) atoms. The number of hydrogen-bond acceptors (Lipinski definition) is 3. The summed E-state index contributed by atoms with van der Waals surface area (Å²) in [5.41, 5.74) is 0.464. The van der Waals surface area contributed by atoms with Gasteiger partial charge >= 0.3 is 6.03 Å². The van der Waals surface area contributed by atoms with Crippen molar-refractivity contribution in [2.45, 2.75) is 6.92 Å². The summed E-state index contributed by atoms with van der Waals surface area (Å²) < 4.78 is 0. The monoisotopic (exact) mass is 190 g/mol. The largest absolute Gasteiger partial charge is 0.338 e. The van der Waals surface area contributed by atoms with Gasteiger partial charge in [-0.25, -0.2) is 9.78 Å². The fourth-order valence-electron chi connectivity index (χ4n) is 0.855. The Labute approximate surface area is 81.8 Å². The van der Waals surface area contributed by atoms with Gasteiger partial charge in [-0.3, -0.25) is 5.32 Å². The third kappa shape index (κ3) is 2.75. The smallest absolute Gasteiger partial charge is 0.320 e. The Morgan fingerprint density at radius 2 is 2.43 bits per heavy atom. The van der Waals surface area contributed by atoms with Gasteiger partial charge in [0.2, 0.25) is 0 Å². The van der Waals surface area contributed by atoms with Crippen LogP contribution >= 0.6 is 0 Å². The van der Waals surface area contributed by atoms with Gasteiger partial charge in [-0.15, -0.1) is 0 Å². The SMILES string of the molecule is CCNC(=O)Nc1ccc(C#N)cn1. The highest BCUT2D eigenvalue weighted by Gasteiger charge is 1.99. The summed E-state index contributed by atoms with van der Waals surface area (Å²) in [5.74, 6) is 0.426. The average molecular weight is 190 g/mol. The van der Waals surface area contributed by atoms with E-state index in [0.717, 1.165) is 0 Å². The Balaban J connectivity index is 2.61. The van der Waals surface area contributed by atoms with E-state index in [0.29, 0.717) is 17.9 Å². The van der Waals surface area contributed by atoms with Crippen LogP contribution in [0.25, 0.3) is 0 Å². The van der Waals surface area contributed by atoms with Crippen molar-refractivity contribution in [1.82, 2.24) is 10.3 Å². The van der Waals surface area contributed by atoms with E-state index in [4.69, 9.17) is 5.26 Å². The average Bonchev–Trinajstić information content (AvgIpc) is 2.19. The van der Waals surface area contributed by atoms with E-state index in [1.807, 2.05) is 13.0 Å². The molecule has 0 saturated carbocycles. The van der Waals surface area contributed by atoms with Crippen molar-refractivity contribution in [3.05, 3.63) is 23.9 Å². The number of rotatable bonds is 2. The molecule has 72 valence electrons. The Morgan fingerprint density at radius 1 is 1.64 bits per heavy atom. The predicted octanol–water partition coefficient (Wildman–Crippen LogP) is 1.09. The van der Waals surface area contributed by atoms with Crippen LogP contribution in [-0.2, 0) is 0 Å². The molecule has 5 nitrogen and oxygen atoms in total. The predicted molar refractivity (Wildman–Crippen MR) is 51.6 cm³/mol. The molecule has 1 aromatic heterocycles. The Hall–Kier alpha value is -2.09. The highest BCUT2D eigenvalue weighted by molar-refractivity contribution is 5.88. The molecule has 0 atom stereocenters. The fraction of sp³-hybridized carbons (Fsp3) is 0.222. The molecule has 0 aliphatic rings. The van der Waals surface area contributed by atoms with Crippen LogP contribution in [-0.4, -0.2) is 17.6 Å². The minimum atomic E-state index is -0.301.